The molecular formula is C25H40O2. The van der Waals surface area contributed by atoms with E-state index in [1.54, 1.807) is 12.1 Å². The third-order valence-electron chi connectivity index (χ3n) is 5.21. The van der Waals surface area contributed by atoms with E-state index in [4.69, 9.17) is 0 Å². The molecule has 0 atom stereocenters. The Hall–Kier alpha value is -1.57. The van der Waals surface area contributed by atoms with Crippen molar-refractivity contribution in [3.8, 4) is 0 Å². The molecule has 0 radical (unpaired) electrons. The lowest BCUT2D eigenvalue weighted by Crippen LogP contribution is -2.02. The van der Waals surface area contributed by atoms with E-state index >= 15 is 0 Å². The van der Waals surface area contributed by atoms with Crippen molar-refractivity contribution in [3.05, 3.63) is 47.5 Å². The normalized spacial score (nSPS) is 11.3. The van der Waals surface area contributed by atoms with Crippen LogP contribution in [0.4, 0.5) is 0 Å². The van der Waals surface area contributed by atoms with Gasteiger partial charge >= 0.3 is 5.97 Å². The molecule has 1 aromatic carbocycles. The number of carboxylic acids is 1. The van der Waals surface area contributed by atoms with E-state index in [2.05, 4.69) is 19.1 Å². The van der Waals surface area contributed by atoms with Crippen molar-refractivity contribution in [2.24, 2.45) is 0 Å². The van der Waals surface area contributed by atoms with Gasteiger partial charge in [-0.2, -0.15) is 0 Å². The number of aromatic carboxylic acids is 1. The average Bonchev–Trinajstić information content (AvgIpc) is 2.68. The molecule has 0 aliphatic rings. The Kier molecular flexibility index (Phi) is 14.4. The molecule has 0 aromatic heterocycles. The minimum Gasteiger partial charge on any atom is -0.478 e. The number of carbonyl (C=O) groups is 1. The molecular weight excluding hydrogens is 332 g/mol. The molecule has 0 saturated carbocycles. The molecule has 0 fully saturated rings. The largest absolute Gasteiger partial charge is 0.478 e. The molecule has 0 aliphatic heterocycles. The van der Waals surface area contributed by atoms with E-state index in [1.165, 1.54) is 83.5 Å². The van der Waals surface area contributed by atoms with Gasteiger partial charge in [-0.3, -0.25) is 0 Å². The number of benzene rings is 1. The van der Waals surface area contributed by atoms with Gasteiger partial charge in [0.05, 0.1) is 5.56 Å². The molecule has 0 bridgehead atoms. The zero-order valence-corrected chi connectivity index (χ0v) is 17.4. The van der Waals surface area contributed by atoms with Crippen molar-refractivity contribution < 1.29 is 9.90 Å². The van der Waals surface area contributed by atoms with Crippen LogP contribution in [0.25, 0.3) is 0 Å². The van der Waals surface area contributed by atoms with Crippen LogP contribution in [0, 0.1) is 0 Å². The van der Waals surface area contributed by atoms with E-state index in [1.807, 2.05) is 12.1 Å². The summed E-state index contributed by atoms with van der Waals surface area (Å²) in [5.41, 5.74) is 1.44. The highest BCUT2D eigenvalue weighted by Crippen LogP contribution is 2.15. The summed E-state index contributed by atoms with van der Waals surface area (Å²) in [6.45, 7) is 2.27. The van der Waals surface area contributed by atoms with E-state index in [0.29, 0.717) is 5.56 Å². The summed E-state index contributed by atoms with van der Waals surface area (Å²) in [6.07, 6.45) is 23.8. The highest BCUT2D eigenvalue weighted by molar-refractivity contribution is 5.89. The van der Waals surface area contributed by atoms with Crippen molar-refractivity contribution >= 4 is 5.97 Å². The summed E-state index contributed by atoms with van der Waals surface area (Å²) >= 11 is 0. The third kappa shape index (κ3) is 12.4. The van der Waals surface area contributed by atoms with E-state index in [-0.39, 0.29) is 0 Å². The zero-order valence-electron chi connectivity index (χ0n) is 17.4. The maximum atomic E-state index is 11.2. The molecule has 0 unspecified atom stereocenters. The first-order valence-electron chi connectivity index (χ1n) is 11.2. The standard InChI is InChI=1S/C25H40O2/c1-2-3-4-5-6-7-8-9-10-11-12-13-14-15-16-17-20-23-21-18-19-22-24(23)25(26)27/h9-10,18-19,21-22H,2-8,11-17,20H2,1H3,(H,26,27)/b10-9-. The number of hydrogen-bond donors (Lipinski definition) is 1. The summed E-state index contributed by atoms with van der Waals surface area (Å²) in [4.78, 5) is 11.2. The Balaban J connectivity index is 1.91. The lowest BCUT2D eigenvalue weighted by Gasteiger charge is -2.05. The van der Waals surface area contributed by atoms with Crippen molar-refractivity contribution in [3.63, 3.8) is 0 Å². The SMILES string of the molecule is CCCCCCCC/C=C\CCCCCCCCc1ccccc1C(=O)O. The van der Waals surface area contributed by atoms with Gasteiger partial charge in [-0.05, 0) is 50.2 Å². The Bertz CT molecular complexity index is 519. The predicted molar refractivity (Wildman–Crippen MR) is 117 cm³/mol. The monoisotopic (exact) mass is 372 g/mol. The van der Waals surface area contributed by atoms with Crippen LogP contribution in [0.5, 0.6) is 0 Å². The number of unbranched alkanes of at least 4 members (excludes halogenated alkanes) is 12. The second-order valence-corrected chi connectivity index (χ2v) is 7.65. The quantitative estimate of drug-likeness (QED) is 0.222. The van der Waals surface area contributed by atoms with Gasteiger partial charge in [0.25, 0.3) is 0 Å². The number of carboxylic acid groups (broad SMARTS) is 1. The molecule has 1 N–H and O–H groups in total. The van der Waals surface area contributed by atoms with Crippen molar-refractivity contribution in [1.82, 2.24) is 0 Å². The highest BCUT2D eigenvalue weighted by atomic mass is 16.4. The molecule has 0 heterocycles. The molecule has 152 valence electrons. The Labute approximate surface area is 167 Å². The van der Waals surface area contributed by atoms with Gasteiger partial charge in [0, 0.05) is 0 Å². The fourth-order valence-electron chi connectivity index (χ4n) is 3.51. The van der Waals surface area contributed by atoms with Crippen LogP contribution in [-0.4, -0.2) is 11.1 Å². The van der Waals surface area contributed by atoms with E-state index in [9.17, 15) is 9.90 Å². The van der Waals surface area contributed by atoms with Crippen LogP contribution in [0.2, 0.25) is 0 Å². The molecule has 1 aromatic rings. The zero-order chi connectivity index (χ0) is 19.6. The first kappa shape index (κ1) is 23.5. The van der Waals surface area contributed by atoms with Crippen LogP contribution in [0.1, 0.15) is 113 Å². The fourth-order valence-corrected chi connectivity index (χ4v) is 3.51. The minimum absolute atomic E-state index is 0.463. The van der Waals surface area contributed by atoms with Crippen LogP contribution in [0.15, 0.2) is 36.4 Å². The van der Waals surface area contributed by atoms with Crippen molar-refractivity contribution in [2.45, 2.75) is 103 Å². The lowest BCUT2D eigenvalue weighted by molar-refractivity contribution is 0.0695. The van der Waals surface area contributed by atoms with Gasteiger partial charge < -0.3 is 5.11 Å². The van der Waals surface area contributed by atoms with Gasteiger partial charge in [0.15, 0.2) is 0 Å². The van der Waals surface area contributed by atoms with Crippen LogP contribution < -0.4 is 0 Å². The smallest absolute Gasteiger partial charge is 0.335 e. The van der Waals surface area contributed by atoms with Gasteiger partial charge in [0.1, 0.15) is 0 Å². The second-order valence-electron chi connectivity index (χ2n) is 7.65. The highest BCUT2D eigenvalue weighted by Gasteiger charge is 2.07. The van der Waals surface area contributed by atoms with Crippen molar-refractivity contribution in [2.75, 3.05) is 0 Å². The summed E-state index contributed by atoms with van der Waals surface area (Å²) in [5.74, 6) is -0.810. The molecule has 0 aliphatic carbocycles. The molecule has 2 nitrogen and oxygen atoms in total. The third-order valence-corrected chi connectivity index (χ3v) is 5.21. The molecule has 0 spiro atoms. The maximum Gasteiger partial charge on any atom is 0.335 e. The molecule has 0 saturated heterocycles. The average molecular weight is 373 g/mol. The number of allylic oxidation sites excluding steroid dienone is 2. The Morgan fingerprint density at radius 3 is 1.89 bits per heavy atom. The Morgan fingerprint density at radius 1 is 0.778 bits per heavy atom. The molecule has 1 rings (SSSR count). The van der Waals surface area contributed by atoms with E-state index < -0.39 is 5.97 Å². The predicted octanol–water partition coefficient (Wildman–Crippen LogP) is 7.96. The van der Waals surface area contributed by atoms with Crippen LogP contribution >= 0.6 is 0 Å². The first-order valence-corrected chi connectivity index (χ1v) is 11.2. The summed E-state index contributed by atoms with van der Waals surface area (Å²) in [7, 11) is 0. The fraction of sp³-hybridized carbons (Fsp3) is 0.640. The van der Waals surface area contributed by atoms with Gasteiger partial charge in [0.2, 0.25) is 0 Å². The van der Waals surface area contributed by atoms with Crippen LogP contribution in [0.3, 0.4) is 0 Å². The summed E-state index contributed by atoms with van der Waals surface area (Å²) < 4.78 is 0. The topological polar surface area (TPSA) is 37.3 Å². The molecule has 2 heteroatoms. The minimum atomic E-state index is -0.810. The van der Waals surface area contributed by atoms with Gasteiger partial charge in [-0.1, -0.05) is 95.1 Å². The lowest BCUT2D eigenvalue weighted by atomic mass is 10.0. The molecule has 0 amide bonds. The van der Waals surface area contributed by atoms with E-state index in [0.717, 1.165) is 18.4 Å². The van der Waals surface area contributed by atoms with Gasteiger partial charge in [-0.25, -0.2) is 4.79 Å². The Morgan fingerprint density at radius 2 is 1.30 bits per heavy atom. The summed E-state index contributed by atoms with van der Waals surface area (Å²) in [5, 5.41) is 9.20. The maximum absolute atomic E-state index is 11.2. The number of aryl methyl sites for hydroxylation is 1. The molecule has 27 heavy (non-hydrogen) atoms. The summed E-state index contributed by atoms with van der Waals surface area (Å²) in [6, 6.07) is 7.38. The first-order chi connectivity index (χ1) is 13.3. The second kappa shape index (κ2) is 16.6. The number of rotatable bonds is 17. The van der Waals surface area contributed by atoms with Crippen LogP contribution in [-0.2, 0) is 6.42 Å². The number of hydrogen-bond acceptors (Lipinski definition) is 1. The van der Waals surface area contributed by atoms with Crippen molar-refractivity contribution in [1.29, 1.82) is 0 Å². The van der Waals surface area contributed by atoms with Gasteiger partial charge in [-0.15, -0.1) is 0 Å².